The highest BCUT2D eigenvalue weighted by Gasteiger charge is 2.13. The molecule has 2 rings (SSSR count). The summed E-state index contributed by atoms with van der Waals surface area (Å²) in [5.41, 5.74) is 0.193. The first-order valence-corrected chi connectivity index (χ1v) is 7.60. The molecular weight excluding hydrogens is 276 g/mol. The monoisotopic (exact) mass is 286 g/mol. The molecule has 0 saturated carbocycles. The van der Waals surface area contributed by atoms with Crippen LogP contribution in [0.4, 0.5) is 0 Å². The van der Waals surface area contributed by atoms with E-state index < -0.39 is 9.05 Å². The second-order valence-corrected chi connectivity index (χ2v) is 6.43. The summed E-state index contributed by atoms with van der Waals surface area (Å²) >= 11 is 0. The first-order chi connectivity index (χ1) is 8.34. The molecule has 2 aromatic rings. The number of aryl methyl sites for hydroxylation is 1. The van der Waals surface area contributed by atoms with Crippen molar-refractivity contribution < 1.29 is 8.42 Å². The van der Waals surface area contributed by atoms with Crippen LogP contribution in [0.3, 0.4) is 0 Å². The van der Waals surface area contributed by atoms with Crippen LogP contribution in [0.15, 0.2) is 27.9 Å². The van der Waals surface area contributed by atoms with Gasteiger partial charge in [0.15, 0.2) is 0 Å². The largest absolute Gasteiger partial charge is 0.299 e. The number of aromatic nitrogens is 2. The highest BCUT2D eigenvalue weighted by Crippen LogP contribution is 2.18. The van der Waals surface area contributed by atoms with Crippen LogP contribution in [0.5, 0.6) is 0 Å². The van der Waals surface area contributed by atoms with Gasteiger partial charge in [-0.1, -0.05) is 6.92 Å². The van der Waals surface area contributed by atoms with E-state index in [-0.39, 0.29) is 15.8 Å². The van der Waals surface area contributed by atoms with E-state index in [1.54, 1.807) is 7.05 Å². The van der Waals surface area contributed by atoms with Crippen molar-refractivity contribution in [3.63, 3.8) is 0 Å². The van der Waals surface area contributed by atoms with E-state index in [2.05, 4.69) is 4.98 Å². The summed E-state index contributed by atoms with van der Waals surface area (Å²) in [6.45, 7) is 1.89. The third-order valence-corrected chi connectivity index (χ3v) is 4.09. The minimum Gasteiger partial charge on any atom is -0.299 e. The fourth-order valence-electron chi connectivity index (χ4n) is 1.76. The number of rotatable bonds is 2. The van der Waals surface area contributed by atoms with E-state index >= 15 is 0 Å². The molecule has 0 saturated heterocycles. The molecule has 0 aliphatic heterocycles. The third kappa shape index (κ3) is 2.13. The van der Waals surface area contributed by atoms with Crippen LogP contribution in [-0.2, 0) is 22.5 Å². The van der Waals surface area contributed by atoms with Gasteiger partial charge >= 0.3 is 0 Å². The van der Waals surface area contributed by atoms with Gasteiger partial charge in [-0.15, -0.1) is 0 Å². The van der Waals surface area contributed by atoms with Crippen LogP contribution in [0, 0.1) is 0 Å². The van der Waals surface area contributed by atoms with Crippen LogP contribution < -0.4 is 5.56 Å². The van der Waals surface area contributed by atoms with Crippen molar-refractivity contribution in [1.82, 2.24) is 9.55 Å². The average Bonchev–Trinajstić information content (AvgIpc) is 2.32. The third-order valence-electron chi connectivity index (χ3n) is 2.74. The molecule has 0 fully saturated rings. The summed E-state index contributed by atoms with van der Waals surface area (Å²) in [6, 6.07) is 4.09. The maximum absolute atomic E-state index is 12.1. The van der Waals surface area contributed by atoms with Crippen molar-refractivity contribution in [2.45, 2.75) is 18.2 Å². The van der Waals surface area contributed by atoms with Gasteiger partial charge in [-0.3, -0.25) is 9.36 Å². The quantitative estimate of drug-likeness (QED) is 0.783. The number of nitrogens with zero attached hydrogens (tertiary/aromatic N) is 2. The summed E-state index contributed by atoms with van der Waals surface area (Å²) in [4.78, 5) is 16.3. The maximum atomic E-state index is 12.1. The Hall–Kier alpha value is -1.40. The molecule has 1 aromatic heterocycles. The summed E-state index contributed by atoms with van der Waals surface area (Å²) < 4.78 is 23.9. The fourth-order valence-corrected chi connectivity index (χ4v) is 2.54. The first kappa shape index (κ1) is 13.0. The Morgan fingerprint density at radius 2 is 2.06 bits per heavy atom. The molecule has 0 aliphatic rings. The van der Waals surface area contributed by atoms with Crippen molar-refractivity contribution in [2.75, 3.05) is 0 Å². The highest BCUT2D eigenvalue weighted by molar-refractivity contribution is 8.13. The van der Waals surface area contributed by atoms with Gasteiger partial charge in [0.25, 0.3) is 14.6 Å². The normalized spacial score (nSPS) is 11.9. The van der Waals surface area contributed by atoms with Gasteiger partial charge in [-0.05, 0) is 18.2 Å². The lowest BCUT2D eigenvalue weighted by atomic mass is 10.2. The molecule has 18 heavy (non-hydrogen) atoms. The first-order valence-electron chi connectivity index (χ1n) is 5.29. The Morgan fingerprint density at radius 1 is 1.39 bits per heavy atom. The minimum atomic E-state index is -3.84. The molecule has 1 heterocycles. The van der Waals surface area contributed by atoms with E-state index in [4.69, 9.17) is 10.7 Å². The summed E-state index contributed by atoms with van der Waals surface area (Å²) in [5, 5.41) is 0.247. The van der Waals surface area contributed by atoms with E-state index in [0.29, 0.717) is 17.8 Å². The molecule has 0 bridgehead atoms. The molecule has 96 valence electrons. The van der Waals surface area contributed by atoms with Gasteiger partial charge < -0.3 is 0 Å². The van der Waals surface area contributed by atoms with Crippen molar-refractivity contribution in [3.8, 4) is 0 Å². The van der Waals surface area contributed by atoms with Gasteiger partial charge in [-0.2, -0.15) is 0 Å². The molecular formula is C11H11ClN2O3S. The minimum absolute atomic E-state index is 0.0974. The molecule has 0 N–H and O–H groups in total. The predicted molar refractivity (Wildman–Crippen MR) is 69.4 cm³/mol. The smallest absolute Gasteiger partial charge is 0.261 e. The molecule has 0 spiro atoms. The van der Waals surface area contributed by atoms with Crippen molar-refractivity contribution in [2.24, 2.45) is 7.05 Å². The molecule has 7 heteroatoms. The second-order valence-electron chi connectivity index (χ2n) is 3.86. The second kappa shape index (κ2) is 4.37. The zero-order chi connectivity index (χ0) is 13.5. The molecule has 0 amide bonds. The number of fused-ring (bicyclic) bond motifs is 1. The number of hydrogen-bond donors (Lipinski definition) is 0. The Morgan fingerprint density at radius 3 is 2.61 bits per heavy atom. The Labute approximate surface area is 108 Å². The van der Waals surface area contributed by atoms with E-state index in [1.807, 2.05) is 6.92 Å². The SMILES string of the molecule is CCc1nc2ccc(S(=O)(=O)Cl)cc2c(=O)n1C. The molecule has 0 unspecified atom stereocenters. The lowest BCUT2D eigenvalue weighted by molar-refractivity contribution is 0.609. The van der Waals surface area contributed by atoms with Gasteiger partial charge in [0.2, 0.25) is 0 Å². The highest BCUT2D eigenvalue weighted by atomic mass is 35.7. The van der Waals surface area contributed by atoms with Crippen LogP contribution in [0.1, 0.15) is 12.7 Å². The fraction of sp³-hybridized carbons (Fsp3) is 0.273. The molecule has 0 aliphatic carbocycles. The van der Waals surface area contributed by atoms with Gasteiger partial charge in [0.05, 0.1) is 15.8 Å². The molecule has 0 atom stereocenters. The summed E-state index contributed by atoms with van der Waals surface area (Å²) in [5.74, 6) is 0.647. The van der Waals surface area contributed by atoms with Crippen LogP contribution in [0.25, 0.3) is 10.9 Å². The molecule has 0 radical (unpaired) electrons. The van der Waals surface area contributed by atoms with Crippen LogP contribution in [-0.4, -0.2) is 18.0 Å². The Kier molecular flexibility index (Phi) is 3.16. The Bertz CT molecular complexity index is 781. The van der Waals surface area contributed by atoms with Crippen LogP contribution in [0.2, 0.25) is 0 Å². The van der Waals surface area contributed by atoms with E-state index in [9.17, 15) is 13.2 Å². The van der Waals surface area contributed by atoms with Gasteiger partial charge in [-0.25, -0.2) is 13.4 Å². The zero-order valence-electron chi connectivity index (χ0n) is 9.84. The molecule has 1 aromatic carbocycles. The number of benzene rings is 1. The van der Waals surface area contributed by atoms with Gasteiger partial charge in [0.1, 0.15) is 5.82 Å². The van der Waals surface area contributed by atoms with Gasteiger partial charge in [0, 0.05) is 24.2 Å². The van der Waals surface area contributed by atoms with Crippen molar-refractivity contribution >= 4 is 30.6 Å². The Balaban J connectivity index is 2.88. The zero-order valence-corrected chi connectivity index (χ0v) is 11.4. The predicted octanol–water partition coefficient (Wildman–Crippen LogP) is 1.42. The van der Waals surface area contributed by atoms with E-state index in [0.717, 1.165) is 0 Å². The average molecular weight is 287 g/mol. The maximum Gasteiger partial charge on any atom is 0.261 e. The topological polar surface area (TPSA) is 69.0 Å². The summed E-state index contributed by atoms with van der Waals surface area (Å²) in [6.07, 6.45) is 0.622. The lowest BCUT2D eigenvalue weighted by Gasteiger charge is -2.07. The van der Waals surface area contributed by atoms with Crippen molar-refractivity contribution in [3.05, 3.63) is 34.4 Å². The molecule has 5 nitrogen and oxygen atoms in total. The number of halogens is 1. The lowest BCUT2D eigenvalue weighted by Crippen LogP contribution is -2.22. The van der Waals surface area contributed by atoms with E-state index in [1.165, 1.54) is 22.8 Å². The standard InChI is InChI=1S/C11H11ClN2O3S/c1-3-10-13-9-5-4-7(18(12,16)17)6-8(9)11(15)14(10)2/h4-6H,3H2,1-2H3. The van der Waals surface area contributed by atoms with Crippen molar-refractivity contribution in [1.29, 1.82) is 0 Å². The summed E-state index contributed by atoms with van der Waals surface area (Å²) in [7, 11) is 3.02. The van der Waals surface area contributed by atoms with Crippen LogP contribution >= 0.6 is 10.7 Å². The number of hydrogen-bond acceptors (Lipinski definition) is 4.